The summed E-state index contributed by atoms with van der Waals surface area (Å²) >= 11 is 0. The molecule has 21 nitrogen and oxygen atoms in total. The maximum atomic E-state index is 11.6. The Morgan fingerprint density at radius 3 is 0.745 bits per heavy atom. The molecule has 0 atom stereocenters. The predicted molar refractivity (Wildman–Crippen MR) is 191 cm³/mol. The van der Waals surface area contributed by atoms with Crippen molar-refractivity contribution in [2.75, 3.05) is 103 Å². The van der Waals surface area contributed by atoms with Crippen LogP contribution in [-0.2, 0) is 74.4 Å². The van der Waals surface area contributed by atoms with Crippen LogP contribution >= 0.6 is 0 Å². The summed E-state index contributed by atoms with van der Waals surface area (Å²) in [5.74, 6) is -7.95. The number of esters is 3. The van der Waals surface area contributed by atoms with E-state index in [0.29, 0.717) is 0 Å². The Kier molecular flexibility index (Phi) is 30.4. The van der Waals surface area contributed by atoms with E-state index in [-0.39, 0.29) is 56.5 Å². The van der Waals surface area contributed by atoms with E-state index in [1.54, 1.807) is 20.8 Å². The van der Waals surface area contributed by atoms with Gasteiger partial charge >= 0.3 is 17.9 Å². The molecular weight excluding hydrogens is 776 g/mol. The number of ether oxygens (including phenoxy) is 3. The number of nitrogens with zero attached hydrogens (tertiary/aromatic N) is 6. The Morgan fingerprint density at radius 2 is 0.600 bits per heavy atom. The third-order valence-corrected chi connectivity index (χ3v) is 5.82. The van der Waals surface area contributed by atoms with Crippen molar-refractivity contribution in [3.63, 3.8) is 0 Å². The molecule has 6 amide bonds. The van der Waals surface area contributed by atoms with E-state index in [0.717, 1.165) is 32.9 Å². The molecule has 0 heterocycles. The van der Waals surface area contributed by atoms with Crippen LogP contribution in [0.5, 0.6) is 0 Å². The first-order valence-electron chi connectivity index (χ1n) is 16.0. The molecule has 0 aliphatic heterocycles. The molecule has 3 N–H and O–H groups in total. The van der Waals surface area contributed by atoms with Gasteiger partial charge in [0.25, 0.3) is 17.7 Å². The second kappa shape index (κ2) is 29.8. The molecule has 22 heteroatoms. The van der Waals surface area contributed by atoms with Crippen LogP contribution in [0.2, 0.25) is 0 Å². The second-order valence-corrected chi connectivity index (χ2v) is 11.2. The van der Waals surface area contributed by atoms with E-state index in [4.69, 9.17) is 0 Å². The van der Waals surface area contributed by atoms with Gasteiger partial charge in [0, 0.05) is 80.5 Å². The molecule has 0 saturated carbocycles. The zero-order chi connectivity index (χ0) is 42.9. The Hall–Kier alpha value is -5.63. The molecule has 0 spiro atoms. The molecule has 0 aliphatic rings. The number of rotatable bonds is 15. The molecule has 0 aromatic heterocycles. The normalized spacial score (nSPS) is 10.6. The van der Waals surface area contributed by atoms with Crippen LogP contribution in [0.15, 0.2) is 35.5 Å². The molecule has 0 bridgehead atoms. The second-order valence-electron chi connectivity index (χ2n) is 11.2. The minimum Gasteiger partial charge on any atom is -0.503 e. The number of likely N-dealkylation sites (N-methyl/N-ethyl adjacent to an activating group) is 6. The van der Waals surface area contributed by atoms with E-state index < -0.39 is 70.6 Å². The molecule has 0 aromatic carbocycles. The summed E-state index contributed by atoms with van der Waals surface area (Å²) in [7, 11) is 12.9. The van der Waals surface area contributed by atoms with Gasteiger partial charge in [-0.05, 0) is 20.8 Å². The summed E-state index contributed by atoms with van der Waals surface area (Å²) in [6.45, 7) is 4.69. The fraction of sp³-hybridized carbons (Fsp3) is 0.545. The molecule has 0 aromatic rings. The number of carbonyl (C=O) groups is 9. The van der Waals surface area contributed by atoms with E-state index >= 15 is 0 Å². The monoisotopic (exact) mass is 830 g/mol. The average molecular weight is 831 g/mol. The van der Waals surface area contributed by atoms with E-state index in [2.05, 4.69) is 14.2 Å². The van der Waals surface area contributed by atoms with Crippen LogP contribution in [-0.4, -0.2) is 201 Å². The van der Waals surface area contributed by atoms with Crippen molar-refractivity contribution in [1.82, 2.24) is 29.4 Å². The van der Waals surface area contributed by atoms with E-state index in [9.17, 15) is 58.5 Å². The number of aliphatic hydroxyl groups is 3. The minimum absolute atomic E-state index is 0. The van der Waals surface area contributed by atoms with Crippen molar-refractivity contribution >= 4 is 53.4 Å². The van der Waals surface area contributed by atoms with Crippen molar-refractivity contribution in [3.8, 4) is 0 Å². The molecule has 0 aliphatic carbocycles. The maximum Gasteiger partial charge on any atom is 0.325 e. The van der Waals surface area contributed by atoms with Crippen LogP contribution in [0.25, 0.3) is 0 Å². The van der Waals surface area contributed by atoms with Crippen molar-refractivity contribution in [1.29, 1.82) is 0 Å². The van der Waals surface area contributed by atoms with Crippen molar-refractivity contribution < 1.29 is 89.7 Å². The topological polar surface area (TPSA) is 261 Å². The van der Waals surface area contributed by atoms with Crippen LogP contribution in [0, 0.1) is 0 Å². The van der Waals surface area contributed by atoms with Gasteiger partial charge in [0.1, 0.15) is 19.6 Å². The van der Waals surface area contributed by atoms with Crippen LogP contribution < -0.4 is 0 Å². The fourth-order valence-corrected chi connectivity index (χ4v) is 2.93. The van der Waals surface area contributed by atoms with Gasteiger partial charge in [-0.1, -0.05) is 0 Å². The minimum atomic E-state index is -0.821. The summed E-state index contributed by atoms with van der Waals surface area (Å²) in [6, 6.07) is 0. The van der Waals surface area contributed by atoms with Gasteiger partial charge in [0.15, 0.2) is 17.3 Å². The summed E-state index contributed by atoms with van der Waals surface area (Å²) < 4.78 is 14.0. The standard InChI is InChI=1S/3C11H18N2O5.Fe/c3*1-5-18-10(16)7-13(4)11(17)8(14)6-9(15)12(2)3;/h3*6,14H,5,7H2,1-4H3;. The number of hydrogen-bond acceptors (Lipinski definition) is 15. The molecule has 55 heavy (non-hydrogen) atoms. The number of hydrogen-bond donors (Lipinski definition) is 3. The predicted octanol–water partition coefficient (Wildman–Crippen LogP) is -1.39. The summed E-state index contributed by atoms with van der Waals surface area (Å²) in [5.41, 5.74) is 0. The van der Waals surface area contributed by atoms with Crippen LogP contribution in [0.3, 0.4) is 0 Å². The van der Waals surface area contributed by atoms with Crippen molar-refractivity contribution in [3.05, 3.63) is 35.5 Å². The van der Waals surface area contributed by atoms with E-state index in [1.807, 2.05) is 0 Å². The Balaban J connectivity index is -0.000000351. The summed E-state index contributed by atoms with van der Waals surface area (Å²) in [5, 5.41) is 28.3. The number of carbonyl (C=O) groups excluding carboxylic acids is 9. The molecule has 314 valence electrons. The quantitative estimate of drug-likeness (QED) is 0.0565. The third kappa shape index (κ3) is 25.9. The van der Waals surface area contributed by atoms with Crippen molar-refractivity contribution in [2.24, 2.45) is 0 Å². The fourth-order valence-electron chi connectivity index (χ4n) is 2.93. The van der Waals surface area contributed by atoms with Crippen molar-refractivity contribution in [2.45, 2.75) is 20.8 Å². The zero-order valence-electron chi connectivity index (χ0n) is 33.3. The third-order valence-electron chi connectivity index (χ3n) is 5.82. The van der Waals surface area contributed by atoms with Crippen LogP contribution in [0.4, 0.5) is 0 Å². The Morgan fingerprint density at radius 1 is 0.418 bits per heavy atom. The Labute approximate surface area is 331 Å². The smallest absolute Gasteiger partial charge is 0.325 e. The molecule has 0 saturated heterocycles. The molecule has 0 unspecified atom stereocenters. The van der Waals surface area contributed by atoms with Gasteiger partial charge in [-0.25, -0.2) is 0 Å². The SMILES string of the molecule is CCOC(=O)CN(C)C(=O)C(O)=CC(=O)N(C)C.CCOC(=O)CN(C)C(=O)C(O)=CC(=O)N(C)C.CCOC(=O)CN(C)C(=O)C(O)=CC(=O)N(C)C.[Fe]. The van der Waals surface area contributed by atoms with Gasteiger partial charge in [-0.3, -0.25) is 43.2 Å². The first-order valence-corrected chi connectivity index (χ1v) is 16.0. The average Bonchev–Trinajstić information content (AvgIpc) is 3.07. The molecular formula is C33H54FeN6O15. The van der Waals surface area contributed by atoms with Gasteiger partial charge < -0.3 is 58.9 Å². The van der Waals surface area contributed by atoms with Gasteiger partial charge in [-0.2, -0.15) is 0 Å². The summed E-state index contributed by atoms with van der Waals surface area (Å²) in [6.07, 6.45) is 2.39. The number of amides is 6. The molecule has 0 fully saturated rings. The first kappa shape index (κ1) is 56.1. The zero-order valence-corrected chi connectivity index (χ0v) is 34.4. The number of aliphatic hydroxyl groups excluding tert-OH is 3. The largest absolute Gasteiger partial charge is 0.503 e. The molecule has 0 radical (unpaired) electrons. The first-order chi connectivity index (χ1) is 24.9. The molecule has 0 rings (SSSR count). The Bertz CT molecular complexity index is 1260. The maximum absolute atomic E-state index is 11.6. The van der Waals surface area contributed by atoms with Gasteiger partial charge in [0.05, 0.1) is 38.0 Å². The van der Waals surface area contributed by atoms with Crippen LogP contribution in [0.1, 0.15) is 20.8 Å². The van der Waals surface area contributed by atoms with E-state index in [1.165, 1.54) is 78.1 Å². The summed E-state index contributed by atoms with van der Waals surface area (Å²) in [4.78, 5) is 108. The van der Waals surface area contributed by atoms with Gasteiger partial charge in [0.2, 0.25) is 17.7 Å². The van der Waals surface area contributed by atoms with Gasteiger partial charge in [-0.15, -0.1) is 0 Å².